The van der Waals surface area contributed by atoms with Gasteiger partial charge in [0, 0.05) is 5.92 Å². The molecule has 0 unspecified atom stereocenters. The number of aliphatic hydroxyl groups excluding tert-OH is 1. The van der Waals surface area contributed by atoms with Gasteiger partial charge >= 0.3 is 5.97 Å². The lowest BCUT2D eigenvalue weighted by atomic mass is 10.1. The minimum atomic E-state index is -0.913. The highest BCUT2D eigenvalue weighted by Crippen LogP contribution is 2.06. The number of allylic oxidation sites excluding steroid dienone is 1. The molecule has 0 aliphatic heterocycles. The van der Waals surface area contributed by atoms with Crippen LogP contribution in [0.1, 0.15) is 51.9 Å². The predicted molar refractivity (Wildman–Crippen MR) is 80.9 cm³/mol. The molecule has 0 radical (unpaired) electrons. The molecule has 0 aromatic carbocycles. The van der Waals surface area contributed by atoms with Crippen molar-refractivity contribution >= 4 is 5.97 Å². The Kier molecular flexibility index (Phi) is 11.3. The van der Waals surface area contributed by atoms with Crippen LogP contribution in [-0.2, 0) is 4.79 Å². The van der Waals surface area contributed by atoms with Crippen molar-refractivity contribution in [3.05, 3.63) is 12.7 Å². The Labute approximate surface area is 122 Å². The fourth-order valence-corrected chi connectivity index (χ4v) is 1.64. The Balaban J connectivity index is 4.00. The van der Waals surface area contributed by atoms with Crippen molar-refractivity contribution in [2.45, 2.75) is 58.0 Å². The molecule has 20 heavy (non-hydrogen) atoms. The fraction of sp³-hybridized carbons (Fsp3) is 0.588. The monoisotopic (exact) mass is 276 g/mol. The number of hydrogen-bond donors (Lipinski definition) is 2. The number of unbranched alkanes of at least 4 members (excludes halogenated alkanes) is 4. The first-order valence-corrected chi connectivity index (χ1v) is 7.13. The van der Waals surface area contributed by atoms with E-state index in [9.17, 15) is 9.90 Å². The molecule has 0 aliphatic rings. The molecule has 0 aromatic rings. The lowest BCUT2D eigenvalue weighted by molar-refractivity contribution is -0.137. The third kappa shape index (κ3) is 11.4. The third-order valence-electron chi connectivity index (χ3n) is 2.82. The van der Waals surface area contributed by atoms with Gasteiger partial charge in [0.15, 0.2) is 0 Å². The van der Waals surface area contributed by atoms with Gasteiger partial charge in [-0.05, 0) is 24.7 Å². The van der Waals surface area contributed by atoms with E-state index in [-0.39, 0.29) is 6.42 Å². The summed E-state index contributed by atoms with van der Waals surface area (Å²) in [5.41, 5.74) is 0. The summed E-state index contributed by atoms with van der Waals surface area (Å²) in [5, 5.41) is 18.2. The summed E-state index contributed by atoms with van der Waals surface area (Å²) in [7, 11) is 0. The highest BCUT2D eigenvalue weighted by Gasteiger charge is 2.04. The molecule has 0 saturated carbocycles. The number of rotatable bonds is 9. The van der Waals surface area contributed by atoms with Gasteiger partial charge in [-0.25, -0.2) is 0 Å². The molecule has 0 saturated heterocycles. The quantitative estimate of drug-likeness (QED) is 0.387. The van der Waals surface area contributed by atoms with E-state index in [1.165, 1.54) is 25.3 Å². The number of carboxylic acids is 1. The van der Waals surface area contributed by atoms with Gasteiger partial charge in [-0.1, -0.05) is 50.5 Å². The highest BCUT2D eigenvalue weighted by molar-refractivity contribution is 5.68. The summed E-state index contributed by atoms with van der Waals surface area (Å²) >= 11 is 0. The normalized spacial score (nSPS) is 12.3. The van der Waals surface area contributed by atoms with Crippen molar-refractivity contribution < 1.29 is 15.0 Å². The van der Waals surface area contributed by atoms with E-state index >= 15 is 0 Å². The molecule has 0 bridgehead atoms. The van der Waals surface area contributed by atoms with Crippen molar-refractivity contribution in [3.63, 3.8) is 0 Å². The number of hydrogen-bond acceptors (Lipinski definition) is 2. The summed E-state index contributed by atoms with van der Waals surface area (Å²) in [6.45, 7) is 5.70. The maximum absolute atomic E-state index is 10.5. The lowest BCUT2D eigenvalue weighted by Crippen LogP contribution is -2.03. The number of aliphatic carboxylic acids is 1. The maximum atomic E-state index is 10.5. The van der Waals surface area contributed by atoms with Crippen molar-refractivity contribution in [2.24, 2.45) is 5.92 Å². The Morgan fingerprint density at radius 2 is 1.85 bits per heavy atom. The van der Waals surface area contributed by atoms with Crippen LogP contribution in [0.5, 0.6) is 0 Å². The molecule has 0 spiro atoms. The minimum absolute atomic E-state index is 0.0713. The smallest absolute Gasteiger partial charge is 0.304 e. The molecule has 2 atom stereocenters. The van der Waals surface area contributed by atoms with Gasteiger partial charge in [0.25, 0.3) is 0 Å². The van der Waals surface area contributed by atoms with E-state index < -0.39 is 18.0 Å². The second-order valence-corrected chi connectivity index (χ2v) is 4.70. The van der Waals surface area contributed by atoms with Gasteiger partial charge in [-0.3, -0.25) is 4.79 Å². The van der Waals surface area contributed by atoms with E-state index in [2.05, 4.69) is 37.2 Å². The molecule has 0 fully saturated rings. The number of carboxylic acid groups (broad SMARTS) is 1. The molecule has 0 aromatic heterocycles. The average molecular weight is 276 g/mol. The van der Waals surface area contributed by atoms with E-state index in [0.29, 0.717) is 6.42 Å². The largest absolute Gasteiger partial charge is 0.481 e. The van der Waals surface area contributed by atoms with Gasteiger partial charge in [0.1, 0.15) is 6.10 Å². The summed E-state index contributed by atoms with van der Waals surface area (Å²) < 4.78 is 0. The van der Waals surface area contributed by atoms with E-state index in [1.54, 1.807) is 0 Å². The van der Waals surface area contributed by atoms with E-state index in [0.717, 1.165) is 12.8 Å². The van der Waals surface area contributed by atoms with Gasteiger partial charge in [0.2, 0.25) is 0 Å². The topological polar surface area (TPSA) is 57.5 Å². The summed E-state index contributed by atoms with van der Waals surface area (Å²) in [6.07, 6.45) is 7.18. The second kappa shape index (κ2) is 12.3. The van der Waals surface area contributed by atoms with Crippen LogP contribution in [0.4, 0.5) is 0 Å². The minimum Gasteiger partial charge on any atom is -0.481 e. The van der Waals surface area contributed by atoms with Gasteiger partial charge < -0.3 is 10.2 Å². The van der Waals surface area contributed by atoms with Crippen molar-refractivity contribution in [1.82, 2.24) is 0 Å². The standard InChI is InChI=1S/C17H24O3/c1-3-5-6-7-8-12-16(18)13-10-9-11-15(4-2)14-17(19)20/h4,15-16,18H,2-3,5-8,12,14H2,1H3,(H,19,20)/t15-,16-/m0/s1. The molecular weight excluding hydrogens is 252 g/mol. The first kappa shape index (κ1) is 18.3. The summed E-state index contributed by atoms with van der Waals surface area (Å²) in [5.74, 6) is 9.21. The molecular formula is C17H24O3. The number of aliphatic hydroxyl groups is 1. The molecule has 0 heterocycles. The fourth-order valence-electron chi connectivity index (χ4n) is 1.64. The Morgan fingerprint density at radius 1 is 1.20 bits per heavy atom. The van der Waals surface area contributed by atoms with Gasteiger partial charge in [-0.15, -0.1) is 6.58 Å². The Morgan fingerprint density at radius 3 is 2.45 bits per heavy atom. The van der Waals surface area contributed by atoms with E-state index in [1.807, 2.05) is 0 Å². The van der Waals surface area contributed by atoms with Crippen LogP contribution in [0.15, 0.2) is 12.7 Å². The van der Waals surface area contributed by atoms with Crippen molar-refractivity contribution in [1.29, 1.82) is 0 Å². The van der Waals surface area contributed by atoms with Crippen LogP contribution < -0.4 is 0 Å². The van der Waals surface area contributed by atoms with Crippen LogP contribution in [-0.4, -0.2) is 22.3 Å². The van der Waals surface area contributed by atoms with Crippen LogP contribution in [0.2, 0.25) is 0 Å². The van der Waals surface area contributed by atoms with Crippen molar-refractivity contribution in [3.8, 4) is 23.7 Å². The average Bonchev–Trinajstić information content (AvgIpc) is 2.41. The second-order valence-electron chi connectivity index (χ2n) is 4.70. The SMILES string of the molecule is C=C[C@@H](C#CC#C[C@@H](O)CCCCCCC)CC(=O)O. The summed E-state index contributed by atoms with van der Waals surface area (Å²) in [6, 6.07) is 0. The molecule has 110 valence electrons. The zero-order valence-corrected chi connectivity index (χ0v) is 12.2. The van der Waals surface area contributed by atoms with Gasteiger partial charge in [-0.2, -0.15) is 0 Å². The zero-order valence-electron chi connectivity index (χ0n) is 12.2. The first-order valence-electron chi connectivity index (χ1n) is 7.13. The molecule has 0 amide bonds. The summed E-state index contributed by atoms with van der Waals surface area (Å²) in [4.78, 5) is 10.5. The van der Waals surface area contributed by atoms with Crippen molar-refractivity contribution in [2.75, 3.05) is 0 Å². The predicted octanol–water partition coefficient (Wildman–Crippen LogP) is 2.99. The van der Waals surface area contributed by atoms with Crippen LogP contribution in [0.25, 0.3) is 0 Å². The van der Waals surface area contributed by atoms with Crippen LogP contribution in [0, 0.1) is 29.6 Å². The highest BCUT2D eigenvalue weighted by atomic mass is 16.4. The molecule has 0 aliphatic carbocycles. The Hall–Kier alpha value is -1.71. The molecule has 2 N–H and O–H groups in total. The lowest BCUT2D eigenvalue weighted by Gasteiger charge is -2.02. The Bertz CT molecular complexity index is 403. The van der Waals surface area contributed by atoms with Gasteiger partial charge in [0.05, 0.1) is 6.42 Å². The molecule has 3 heteroatoms. The van der Waals surface area contributed by atoms with E-state index in [4.69, 9.17) is 5.11 Å². The molecule has 3 nitrogen and oxygen atoms in total. The number of carbonyl (C=O) groups is 1. The van der Waals surface area contributed by atoms with Crippen LogP contribution in [0.3, 0.4) is 0 Å². The third-order valence-corrected chi connectivity index (χ3v) is 2.82. The first-order chi connectivity index (χ1) is 9.60. The maximum Gasteiger partial charge on any atom is 0.304 e. The molecule has 0 rings (SSSR count). The zero-order chi connectivity index (χ0) is 15.2. The van der Waals surface area contributed by atoms with Crippen LogP contribution >= 0.6 is 0 Å².